The van der Waals surface area contributed by atoms with Crippen LogP contribution in [0.1, 0.15) is 30.2 Å². The van der Waals surface area contributed by atoms with Gasteiger partial charge in [-0.05, 0) is 18.1 Å². The van der Waals surface area contributed by atoms with Crippen LogP contribution in [0.15, 0.2) is 16.5 Å². The van der Waals surface area contributed by atoms with Crippen molar-refractivity contribution in [2.24, 2.45) is 5.92 Å². The summed E-state index contributed by atoms with van der Waals surface area (Å²) in [6.07, 6.45) is 1.00. The summed E-state index contributed by atoms with van der Waals surface area (Å²) in [6, 6.07) is 1.77. The number of furan rings is 1. The third-order valence-corrected chi connectivity index (χ3v) is 3.28. The van der Waals surface area contributed by atoms with Crippen LogP contribution < -0.4 is 10.0 Å². The summed E-state index contributed by atoms with van der Waals surface area (Å²) in [5.74, 6) is -1.91. The van der Waals surface area contributed by atoms with Crippen molar-refractivity contribution in [1.29, 1.82) is 0 Å². The summed E-state index contributed by atoms with van der Waals surface area (Å²) < 4.78 is 29.3. The highest BCUT2D eigenvalue weighted by Gasteiger charge is 2.25. The highest BCUT2D eigenvalue weighted by molar-refractivity contribution is 7.88. The average Bonchev–Trinajstić information content (AvgIpc) is 2.80. The van der Waals surface area contributed by atoms with Gasteiger partial charge in [-0.25, -0.2) is 17.9 Å². The van der Waals surface area contributed by atoms with Crippen LogP contribution in [0, 0.1) is 5.92 Å². The number of amides is 1. The number of carbonyl (C=O) groups excluding carboxylic acids is 1. The first kappa shape index (κ1) is 17.2. The Bertz CT molecular complexity index is 619. The molecule has 21 heavy (non-hydrogen) atoms. The van der Waals surface area contributed by atoms with E-state index in [0.29, 0.717) is 0 Å². The molecule has 0 saturated heterocycles. The summed E-state index contributed by atoms with van der Waals surface area (Å²) in [6.45, 7) is 3.25. The minimum Gasteiger partial charge on any atom is -0.480 e. The third-order valence-electron chi connectivity index (χ3n) is 2.61. The van der Waals surface area contributed by atoms with Crippen molar-refractivity contribution < 1.29 is 27.5 Å². The Hall–Kier alpha value is -1.87. The minimum absolute atomic E-state index is 0.0767. The number of carboxylic acids is 1. The van der Waals surface area contributed by atoms with Gasteiger partial charge in [-0.2, -0.15) is 0 Å². The van der Waals surface area contributed by atoms with Crippen molar-refractivity contribution >= 4 is 21.9 Å². The average molecular weight is 318 g/mol. The lowest BCUT2D eigenvalue weighted by Crippen LogP contribution is -2.44. The van der Waals surface area contributed by atoms with Gasteiger partial charge in [0.2, 0.25) is 10.0 Å². The topological polar surface area (TPSA) is 126 Å². The van der Waals surface area contributed by atoms with Crippen molar-refractivity contribution in [3.05, 3.63) is 23.7 Å². The monoisotopic (exact) mass is 318 g/mol. The number of rotatable bonds is 7. The van der Waals surface area contributed by atoms with Gasteiger partial charge >= 0.3 is 5.97 Å². The zero-order valence-electron chi connectivity index (χ0n) is 11.9. The van der Waals surface area contributed by atoms with E-state index in [-0.39, 0.29) is 24.0 Å². The van der Waals surface area contributed by atoms with Gasteiger partial charge in [0.05, 0.1) is 12.8 Å². The van der Waals surface area contributed by atoms with Gasteiger partial charge in [-0.3, -0.25) is 4.79 Å². The molecule has 1 rings (SSSR count). The minimum atomic E-state index is -3.36. The zero-order chi connectivity index (χ0) is 16.2. The van der Waals surface area contributed by atoms with Gasteiger partial charge in [-0.1, -0.05) is 13.8 Å². The molecular formula is C12H18N2O6S. The number of aliphatic carboxylic acids is 1. The Morgan fingerprint density at radius 1 is 1.33 bits per heavy atom. The molecular weight excluding hydrogens is 300 g/mol. The quantitative estimate of drug-likeness (QED) is 0.658. The Morgan fingerprint density at radius 3 is 2.43 bits per heavy atom. The normalized spacial score (nSPS) is 13.1. The fourth-order valence-electron chi connectivity index (χ4n) is 1.52. The van der Waals surface area contributed by atoms with Crippen molar-refractivity contribution in [2.75, 3.05) is 6.26 Å². The number of hydrogen-bond donors (Lipinski definition) is 3. The Labute approximate surface area is 122 Å². The van der Waals surface area contributed by atoms with Crippen molar-refractivity contribution in [3.63, 3.8) is 0 Å². The van der Waals surface area contributed by atoms with Gasteiger partial charge in [0.15, 0.2) is 5.76 Å². The van der Waals surface area contributed by atoms with Crippen LogP contribution in [0.3, 0.4) is 0 Å². The molecule has 0 spiro atoms. The lowest BCUT2D eigenvalue weighted by Gasteiger charge is -2.16. The molecule has 118 valence electrons. The molecule has 0 aliphatic carbocycles. The summed E-state index contributed by atoms with van der Waals surface area (Å²) in [4.78, 5) is 22.9. The van der Waals surface area contributed by atoms with Crippen LogP contribution in [0.5, 0.6) is 0 Å². The molecule has 8 nitrogen and oxygen atoms in total. The van der Waals surface area contributed by atoms with Crippen molar-refractivity contribution in [3.8, 4) is 0 Å². The van der Waals surface area contributed by atoms with Gasteiger partial charge in [-0.15, -0.1) is 0 Å². The number of nitrogens with one attached hydrogen (secondary N) is 2. The van der Waals surface area contributed by atoms with Gasteiger partial charge in [0, 0.05) is 0 Å². The Morgan fingerprint density at radius 2 is 1.95 bits per heavy atom. The second kappa shape index (κ2) is 6.72. The summed E-state index contributed by atoms with van der Waals surface area (Å²) in [5.41, 5.74) is 0. The van der Waals surface area contributed by atoms with Crippen LogP contribution in [0.25, 0.3) is 0 Å². The second-order valence-electron chi connectivity index (χ2n) is 4.89. The lowest BCUT2D eigenvalue weighted by atomic mass is 10.0. The van der Waals surface area contributed by atoms with E-state index in [1.807, 2.05) is 0 Å². The van der Waals surface area contributed by atoms with E-state index >= 15 is 0 Å². The largest absolute Gasteiger partial charge is 0.480 e. The highest BCUT2D eigenvalue weighted by atomic mass is 32.2. The maximum Gasteiger partial charge on any atom is 0.326 e. The molecule has 3 N–H and O–H groups in total. The smallest absolute Gasteiger partial charge is 0.326 e. The molecule has 0 radical (unpaired) electrons. The van der Waals surface area contributed by atoms with E-state index in [1.54, 1.807) is 13.8 Å². The summed E-state index contributed by atoms with van der Waals surface area (Å²) in [5, 5.41) is 11.3. The molecule has 9 heteroatoms. The number of carboxylic acid groups (broad SMARTS) is 1. The molecule has 0 fully saturated rings. The molecule has 0 saturated carbocycles. The predicted octanol–water partition coefficient (Wildman–Crippen LogP) is 0.168. The highest BCUT2D eigenvalue weighted by Crippen LogP contribution is 2.10. The molecule has 1 atom stereocenters. The van der Waals surface area contributed by atoms with E-state index < -0.39 is 27.9 Å². The first-order valence-electron chi connectivity index (χ1n) is 6.17. The zero-order valence-corrected chi connectivity index (χ0v) is 12.7. The predicted molar refractivity (Wildman–Crippen MR) is 74.1 cm³/mol. The number of sulfonamides is 1. The Balaban J connectivity index is 2.72. The second-order valence-corrected chi connectivity index (χ2v) is 6.73. The van der Waals surface area contributed by atoms with Crippen LogP contribution in [-0.4, -0.2) is 37.7 Å². The van der Waals surface area contributed by atoms with Crippen LogP contribution in [0.2, 0.25) is 0 Å². The molecule has 1 heterocycles. The van der Waals surface area contributed by atoms with Gasteiger partial charge in [0.25, 0.3) is 5.91 Å². The van der Waals surface area contributed by atoms with E-state index in [1.165, 1.54) is 12.1 Å². The fraction of sp³-hybridized carbons (Fsp3) is 0.500. The molecule has 0 aromatic carbocycles. The molecule has 0 bridgehead atoms. The van der Waals surface area contributed by atoms with Crippen molar-refractivity contribution in [2.45, 2.75) is 26.4 Å². The Kier molecular flexibility index (Phi) is 5.50. The lowest BCUT2D eigenvalue weighted by molar-refractivity contribution is -0.140. The molecule has 1 unspecified atom stereocenters. The third kappa shape index (κ3) is 5.56. The standard InChI is InChI=1S/C12H18N2O6S/c1-7(2)10(12(16)17)14-11(15)9-5-4-8(20-9)6-13-21(3,18)19/h4-5,7,10,13H,6H2,1-3H3,(H,14,15)(H,16,17). The maximum absolute atomic E-state index is 11.9. The summed E-state index contributed by atoms with van der Waals surface area (Å²) in [7, 11) is -3.36. The van der Waals surface area contributed by atoms with Crippen LogP contribution in [-0.2, 0) is 21.4 Å². The van der Waals surface area contributed by atoms with E-state index in [2.05, 4.69) is 10.0 Å². The SMILES string of the molecule is CC(C)C(NC(=O)c1ccc(CNS(C)(=O)=O)o1)C(=O)O. The van der Waals surface area contributed by atoms with E-state index in [0.717, 1.165) is 6.26 Å². The molecule has 0 aliphatic heterocycles. The number of carbonyl (C=O) groups is 2. The van der Waals surface area contributed by atoms with E-state index in [4.69, 9.17) is 9.52 Å². The number of hydrogen-bond acceptors (Lipinski definition) is 5. The van der Waals surface area contributed by atoms with Crippen molar-refractivity contribution in [1.82, 2.24) is 10.0 Å². The summed E-state index contributed by atoms with van der Waals surface area (Å²) >= 11 is 0. The fourth-order valence-corrected chi connectivity index (χ4v) is 1.93. The molecule has 0 aliphatic rings. The maximum atomic E-state index is 11.9. The van der Waals surface area contributed by atoms with Gasteiger partial charge in [0.1, 0.15) is 11.8 Å². The molecule has 1 amide bonds. The van der Waals surface area contributed by atoms with Crippen LogP contribution >= 0.6 is 0 Å². The molecule has 1 aromatic rings. The first-order valence-corrected chi connectivity index (χ1v) is 8.06. The van der Waals surface area contributed by atoms with Gasteiger partial charge < -0.3 is 14.8 Å². The first-order chi connectivity index (χ1) is 9.60. The van der Waals surface area contributed by atoms with E-state index in [9.17, 15) is 18.0 Å². The van der Waals surface area contributed by atoms with Crippen LogP contribution in [0.4, 0.5) is 0 Å². The molecule has 1 aromatic heterocycles.